The molecule has 0 radical (unpaired) electrons. The summed E-state index contributed by atoms with van der Waals surface area (Å²) in [6, 6.07) is 12.2. The van der Waals surface area contributed by atoms with Crippen LogP contribution in [0, 0.1) is 6.92 Å². The summed E-state index contributed by atoms with van der Waals surface area (Å²) in [5.41, 5.74) is 10.8. The number of anilines is 2. The number of nitrogens with zero attached hydrogens (tertiary/aromatic N) is 4. The maximum absolute atomic E-state index is 6.23. The highest BCUT2D eigenvalue weighted by atomic mass is 35.5. The molecule has 0 saturated carbocycles. The minimum absolute atomic E-state index is 0.293. The minimum atomic E-state index is 0.293. The zero-order chi connectivity index (χ0) is 21.3. The Balaban J connectivity index is 1.55. The number of nitrogens with two attached hydrogens (primary N) is 1. The van der Waals surface area contributed by atoms with E-state index in [2.05, 4.69) is 56.9 Å². The molecule has 3 N–H and O–H groups in total. The lowest BCUT2D eigenvalue weighted by atomic mass is 10.1. The maximum Gasteiger partial charge on any atom is 0.222 e. The van der Waals surface area contributed by atoms with E-state index in [4.69, 9.17) is 17.3 Å². The summed E-state index contributed by atoms with van der Waals surface area (Å²) < 4.78 is 0. The van der Waals surface area contributed by atoms with E-state index in [9.17, 15) is 0 Å². The Bertz CT molecular complexity index is 1090. The molecule has 0 bridgehead atoms. The lowest BCUT2D eigenvalue weighted by molar-refractivity contribution is 0.312. The first-order valence-electron chi connectivity index (χ1n) is 10.1. The normalized spacial score (nSPS) is 14.8. The Morgan fingerprint density at radius 3 is 2.63 bits per heavy atom. The zero-order valence-electron chi connectivity index (χ0n) is 17.5. The van der Waals surface area contributed by atoms with Crippen LogP contribution in [0.1, 0.15) is 16.7 Å². The minimum Gasteiger partial charge on any atom is -0.381 e. The molecule has 1 aliphatic rings. The first-order chi connectivity index (χ1) is 14.4. The summed E-state index contributed by atoms with van der Waals surface area (Å²) in [4.78, 5) is 13.6. The molecule has 1 aliphatic heterocycles. The van der Waals surface area contributed by atoms with Crippen LogP contribution in [0.15, 0.2) is 43.0 Å². The van der Waals surface area contributed by atoms with Crippen molar-refractivity contribution in [3.8, 4) is 0 Å². The van der Waals surface area contributed by atoms with Gasteiger partial charge in [0, 0.05) is 48.8 Å². The number of benzene rings is 2. The Morgan fingerprint density at radius 2 is 1.90 bits per heavy atom. The van der Waals surface area contributed by atoms with Crippen LogP contribution < -0.4 is 16.0 Å². The third-order valence-corrected chi connectivity index (χ3v) is 5.99. The number of hydrogen-bond donors (Lipinski definition) is 2. The Hall–Kier alpha value is -2.83. The van der Waals surface area contributed by atoms with Gasteiger partial charge in [-0.3, -0.25) is 0 Å². The number of piperazine rings is 1. The topological polar surface area (TPSA) is 70.3 Å². The van der Waals surface area contributed by atoms with Gasteiger partial charge in [-0.1, -0.05) is 36.4 Å². The van der Waals surface area contributed by atoms with Gasteiger partial charge in [0.15, 0.2) is 0 Å². The molecule has 0 unspecified atom stereocenters. The molecule has 1 aromatic heterocycles. The third-order valence-electron chi connectivity index (χ3n) is 5.59. The smallest absolute Gasteiger partial charge is 0.222 e. The van der Waals surface area contributed by atoms with Crippen LogP contribution in [-0.4, -0.2) is 48.1 Å². The molecule has 2 heterocycles. The molecule has 7 heteroatoms. The Labute approximate surface area is 182 Å². The van der Waals surface area contributed by atoms with Crippen molar-refractivity contribution in [2.45, 2.75) is 13.5 Å². The molecule has 3 aromatic rings. The highest BCUT2D eigenvalue weighted by molar-refractivity contribution is 6.31. The number of likely N-dealkylation sites (N-methyl/N-ethyl adjacent to an activating group) is 1. The van der Waals surface area contributed by atoms with E-state index in [1.54, 1.807) is 0 Å². The second kappa shape index (κ2) is 8.50. The predicted molar refractivity (Wildman–Crippen MR) is 126 cm³/mol. The van der Waals surface area contributed by atoms with Gasteiger partial charge in [-0.25, -0.2) is 4.98 Å². The Morgan fingerprint density at radius 1 is 1.13 bits per heavy atom. The van der Waals surface area contributed by atoms with Gasteiger partial charge in [-0.05, 0) is 48.9 Å². The number of nitrogens with one attached hydrogen (secondary N) is 1. The van der Waals surface area contributed by atoms with E-state index in [0.717, 1.165) is 70.3 Å². The highest BCUT2D eigenvalue weighted by Gasteiger charge is 2.19. The van der Waals surface area contributed by atoms with E-state index in [0.29, 0.717) is 12.5 Å². The van der Waals surface area contributed by atoms with E-state index in [1.807, 2.05) is 25.1 Å². The van der Waals surface area contributed by atoms with Crippen LogP contribution in [0.25, 0.3) is 16.6 Å². The van der Waals surface area contributed by atoms with Crippen LogP contribution in [0.2, 0.25) is 5.02 Å². The fourth-order valence-electron chi connectivity index (χ4n) is 3.63. The second-order valence-electron chi connectivity index (χ2n) is 7.84. The van der Waals surface area contributed by atoms with E-state index in [-0.39, 0.29) is 0 Å². The largest absolute Gasteiger partial charge is 0.381 e. The SMILES string of the molecule is C=C(NCc1ccc(C)c(Cl)c1)c1ccc2c(N3CCN(C)CC3)nc(N)nc2c1. The molecular weight excluding hydrogens is 396 g/mol. The van der Waals surface area contributed by atoms with Crippen molar-refractivity contribution in [2.75, 3.05) is 43.9 Å². The van der Waals surface area contributed by atoms with Crippen molar-refractivity contribution < 1.29 is 0 Å². The quantitative estimate of drug-likeness (QED) is 0.653. The molecule has 2 aromatic carbocycles. The van der Waals surface area contributed by atoms with Crippen LogP contribution in [0.4, 0.5) is 11.8 Å². The molecule has 6 nitrogen and oxygen atoms in total. The average Bonchev–Trinajstić information content (AvgIpc) is 2.74. The number of rotatable bonds is 5. The number of fused-ring (bicyclic) bond motifs is 1. The van der Waals surface area contributed by atoms with Crippen molar-refractivity contribution in [3.05, 3.63) is 64.7 Å². The summed E-state index contributed by atoms with van der Waals surface area (Å²) in [7, 11) is 2.14. The lowest BCUT2D eigenvalue weighted by Gasteiger charge is -2.33. The van der Waals surface area contributed by atoms with Crippen molar-refractivity contribution in [1.82, 2.24) is 20.2 Å². The molecule has 0 aliphatic carbocycles. The molecule has 0 spiro atoms. The van der Waals surface area contributed by atoms with Gasteiger partial charge >= 0.3 is 0 Å². The summed E-state index contributed by atoms with van der Waals surface area (Å²) >= 11 is 6.23. The van der Waals surface area contributed by atoms with E-state index in [1.165, 1.54) is 0 Å². The van der Waals surface area contributed by atoms with Crippen LogP contribution in [0.3, 0.4) is 0 Å². The molecule has 30 heavy (non-hydrogen) atoms. The zero-order valence-corrected chi connectivity index (χ0v) is 18.2. The summed E-state index contributed by atoms with van der Waals surface area (Å²) in [6.45, 7) is 10.7. The molecule has 0 amide bonds. The van der Waals surface area contributed by atoms with Gasteiger partial charge in [0.2, 0.25) is 5.95 Å². The second-order valence-corrected chi connectivity index (χ2v) is 8.25. The summed E-state index contributed by atoms with van der Waals surface area (Å²) in [5, 5.41) is 5.16. The maximum atomic E-state index is 6.23. The van der Waals surface area contributed by atoms with Crippen LogP contribution >= 0.6 is 11.6 Å². The molecule has 4 rings (SSSR count). The van der Waals surface area contributed by atoms with Crippen molar-refractivity contribution in [2.24, 2.45) is 0 Å². The monoisotopic (exact) mass is 422 g/mol. The van der Waals surface area contributed by atoms with Gasteiger partial charge in [0.25, 0.3) is 0 Å². The summed E-state index contributed by atoms with van der Waals surface area (Å²) in [6.07, 6.45) is 0. The van der Waals surface area contributed by atoms with Gasteiger partial charge in [-0.15, -0.1) is 0 Å². The number of aromatic nitrogens is 2. The van der Waals surface area contributed by atoms with E-state index >= 15 is 0 Å². The number of aryl methyl sites for hydroxylation is 1. The summed E-state index contributed by atoms with van der Waals surface area (Å²) in [5.74, 6) is 1.20. The number of halogens is 1. The van der Waals surface area contributed by atoms with E-state index < -0.39 is 0 Å². The third kappa shape index (κ3) is 4.35. The standard InChI is InChI=1S/C23H27ClN6/c1-15-4-5-17(12-20(15)24)14-26-16(2)18-6-7-19-21(13-18)27-23(25)28-22(19)30-10-8-29(3)9-11-30/h4-7,12-13,26H,2,8-11,14H2,1,3H3,(H2,25,27,28). The molecule has 1 fully saturated rings. The van der Waals surface area contributed by atoms with Crippen molar-refractivity contribution >= 4 is 40.0 Å². The molecular formula is C23H27ClN6. The van der Waals surface area contributed by atoms with Gasteiger partial charge in [-0.2, -0.15) is 4.98 Å². The lowest BCUT2D eigenvalue weighted by Crippen LogP contribution is -2.45. The van der Waals surface area contributed by atoms with Crippen LogP contribution in [0.5, 0.6) is 0 Å². The van der Waals surface area contributed by atoms with Gasteiger partial charge in [0.05, 0.1) is 5.52 Å². The van der Waals surface area contributed by atoms with Gasteiger partial charge < -0.3 is 20.9 Å². The molecule has 156 valence electrons. The van der Waals surface area contributed by atoms with Crippen LogP contribution in [-0.2, 0) is 6.54 Å². The molecule has 1 saturated heterocycles. The predicted octanol–water partition coefficient (Wildman–Crippen LogP) is 3.69. The number of nitrogen functional groups attached to an aromatic ring is 1. The Kier molecular flexibility index (Phi) is 5.79. The molecule has 0 atom stereocenters. The fourth-order valence-corrected chi connectivity index (χ4v) is 3.84. The average molecular weight is 423 g/mol. The first-order valence-corrected chi connectivity index (χ1v) is 10.5. The highest BCUT2D eigenvalue weighted by Crippen LogP contribution is 2.28. The van der Waals surface area contributed by atoms with Crippen molar-refractivity contribution in [1.29, 1.82) is 0 Å². The number of hydrogen-bond acceptors (Lipinski definition) is 6. The fraction of sp³-hybridized carbons (Fsp3) is 0.304. The first kappa shape index (κ1) is 20.4. The van der Waals surface area contributed by atoms with Gasteiger partial charge in [0.1, 0.15) is 5.82 Å². The van der Waals surface area contributed by atoms with Crippen molar-refractivity contribution in [3.63, 3.8) is 0 Å².